The summed E-state index contributed by atoms with van der Waals surface area (Å²) in [4.78, 5) is 12.3. The lowest BCUT2D eigenvalue weighted by Gasteiger charge is -2.62. The molecule has 4 rings (SSSR count). The first-order valence-electron chi connectivity index (χ1n) is 10.4. The van der Waals surface area contributed by atoms with Gasteiger partial charge in [0.05, 0.1) is 11.7 Å². The van der Waals surface area contributed by atoms with E-state index in [0.717, 1.165) is 19.3 Å². The molecule has 0 spiro atoms. The number of rotatable bonds is 2. The third kappa shape index (κ3) is 2.33. The minimum Gasteiger partial charge on any atom is -0.396 e. The normalized spacial score (nSPS) is 56.6. The van der Waals surface area contributed by atoms with E-state index in [9.17, 15) is 25.2 Å². The molecule has 26 heavy (non-hydrogen) atoms. The van der Waals surface area contributed by atoms with Crippen molar-refractivity contribution in [2.24, 2.45) is 34.5 Å². The van der Waals surface area contributed by atoms with Gasteiger partial charge in [-0.1, -0.05) is 13.8 Å². The van der Waals surface area contributed by atoms with Crippen LogP contribution >= 0.6 is 0 Å². The molecule has 0 aromatic heterocycles. The molecule has 4 N–H and O–H groups in total. The number of aliphatic hydroxyl groups is 4. The molecule has 5 nitrogen and oxygen atoms in total. The molecule has 0 amide bonds. The summed E-state index contributed by atoms with van der Waals surface area (Å²) in [6.45, 7) is 4.22. The minimum absolute atomic E-state index is 0.0326. The van der Waals surface area contributed by atoms with Crippen LogP contribution in [0.5, 0.6) is 0 Å². The number of aliphatic hydroxyl groups excluding tert-OH is 3. The molecule has 4 saturated carbocycles. The molecule has 9 atom stereocenters. The summed E-state index contributed by atoms with van der Waals surface area (Å²) in [5.74, 6) is 0.904. The zero-order valence-electron chi connectivity index (χ0n) is 16.0. The maximum Gasteiger partial charge on any atom is 0.161 e. The van der Waals surface area contributed by atoms with Crippen LogP contribution in [0, 0.1) is 34.5 Å². The van der Waals surface area contributed by atoms with E-state index in [2.05, 4.69) is 13.8 Å². The zero-order valence-corrected chi connectivity index (χ0v) is 16.0. The number of Topliss-reactive ketones (excluding diaryl/α,β-unsaturated/α-hetero) is 1. The molecule has 0 bridgehead atoms. The van der Waals surface area contributed by atoms with Gasteiger partial charge in [-0.05, 0) is 74.0 Å². The monoisotopic (exact) mass is 366 g/mol. The van der Waals surface area contributed by atoms with E-state index in [0.29, 0.717) is 43.9 Å². The fourth-order valence-corrected chi connectivity index (χ4v) is 7.91. The first-order chi connectivity index (χ1) is 12.2. The molecule has 0 radical (unpaired) electrons. The lowest BCUT2D eigenvalue weighted by atomic mass is 9.43. The Morgan fingerprint density at radius 3 is 2.58 bits per heavy atom. The molecule has 1 unspecified atom stereocenters. The molecule has 0 aromatic carbocycles. The number of ketones is 1. The Morgan fingerprint density at radius 1 is 1.15 bits per heavy atom. The summed E-state index contributed by atoms with van der Waals surface area (Å²) in [6, 6.07) is 0. The Labute approximate surface area is 155 Å². The van der Waals surface area contributed by atoms with Crippen LogP contribution in [0.4, 0.5) is 0 Å². The zero-order chi connectivity index (χ0) is 18.9. The first kappa shape index (κ1) is 18.9. The molecule has 4 aliphatic rings. The van der Waals surface area contributed by atoms with E-state index in [1.165, 1.54) is 0 Å². The van der Waals surface area contributed by atoms with Gasteiger partial charge in [-0.2, -0.15) is 0 Å². The van der Waals surface area contributed by atoms with Crippen LogP contribution in [0.2, 0.25) is 0 Å². The van der Waals surface area contributed by atoms with E-state index in [1.54, 1.807) is 0 Å². The lowest BCUT2D eigenvalue weighted by molar-refractivity contribution is -0.203. The van der Waals surface area contributed by atoms with Gasteiger partial charge in [-0.25, -0.2) is 0 Å². The molecule has 0 aliphatic heterocycles. The summed E-state index contributed by atoms with van der Waals surface area (Å²) in [5.41, 5.74) is -1.54. The largest absolute Gasteiger partial charge is 0.396 e. The quantitative estimate of drug-likeness (QED) is 0.596. The highest BCUT2D eigenvalue weighted by Crippen LogP contribution is 2.68. The second-order valence-electron chi connectivity index (χ2n) is 10.2. The van der Waals surface area contributed by atoms with E-state index in [-0.39, 0.29) is 35.1 Å². The Morgan fingerprint density at radius 2 is 1.88 bits per heavy atom. The smallest absolute Gasteiger partial charge is 0.161 e. The second kappa shape index (κ2) is 6.00. The highest BCUT2D eigenvalue weighted by molar-refractivity contribution is 5.84. The Kier molecular flexibility index (Phi) is 4.35. The van der Waals surface area contributed by atoms with Crippen LogP contribution in [0.1, 0.15) is 65.2 Å². The Bertz CT molecular complexity index is 593. The van der Waals surface area contributed by atoms with Crippen molar-refractivity contribution < 1.29 is 25.2 Å². The van der Waals surface area contributed by atoms with Crippen molar-refractivity contribution in [2.45, 2.75) is 83.0 Å². The molecule has 0 aromatic rings. The van der Waals surface area contributed by atoms with Gasteiger partial charge >= 0.3 is 0 Å². The van der Waals surface area contributed by atoms with E-state index in [4.69, 9.17) is 0 Å². The van der Waals surface area contributed by atoms with Crippen LogP contribution in [0.25, 0.3) is 0 Å². The fraction of sp³-hybridized carbons (Fsp3) is 0.952. The topological polar surface area (TPSA) is 98.0 Å². The van der Waals surface area contributed by atoms with Crippen molar-refractivity contribution >= 4 is 5.78 Å². The van der Waals surface area contributed by atoms with Crippen LogP contribution in [0.15, 0.2) is 0 Å². The predicted molar refractivity (Wildman–Crippen MR) is 96.2 cm³/mol. The molecule has 4 fully saturated rings. The molecule has 0 heterocycles. The average Bonchev–Trinajstić information content (AvgIpc) is 2.80. The highest BCUT2D eigenvalue weighted by Gasteiger charge is 2.67. The maximum absolute atomic E-state index is 12.3. The summed E-state index contributed by atoms with van der Waals surface area (Å²) < 4.78 is 0. The van der Waals surface area contributed by atoms with Crippen molar-refractivity contribution in [1.82, 2.24) is 0 Å². The van der Waals surface area contributed by atoms with Crippen molar-refractivity contribution in [3.63, 3.8) is 0 Å². The molecular formula is C21H34O5. The van der Waals surface area contributed by atoms with E-state index < -0.39 is 17.8 Å². The van der Waals surface area contributed by atoms with Crippen LogP contribution in [0.3, 0.4) is 0 Å². The molecular weight excluding hydrogens is 332 g/mol. The number of fused-ring (bicyclic) bond motifs is 5. The van der Waals surface area contributed by atoms with Gasteiger partial charge in [-0.3, -0.25) is 4.79 Å². The Balaban J connectivity index is 1.68. The van der Waals surface area contributed by atoms with E-state index in [1.807, 2.05) is 0 Å². The van der Waals surface area contributed by atoms with Gasteiger partial charge in [0.15, 0.2) is 5.78 Å². The highest BCUT2D eigenvalue weighted by atomic mass is 16.3. The van der Waals surface area contributed by atoms with Gasteiger partial charge in [0.25, 0.3) is 0 Å². The third-order valence-electron chi connectivity index (χ3n) is 9.28. The number of carbonyl (C=O) groups is 1. The predicted octanol–water partition coefficient (Wildman–Crippen LogP) is 1.65. The second-order valence-corrected chi connectivity index (χ2v) is 10.2. The van der Waals surface area contributed by atoms with Gasteiger partial charge in [0, 0.05) is 18.4 Å². The first-order valence-corrected chi connectivity index (χ1v) is 10.4. The molecule has 5 heteroatoms. The van der Waals surface area contributed by atoms with Crippen molar-refractivity contribution in [3.05, 3.63) is 0 Å². The lowest BCUT2D eigenvalue weighted by Crippen LogP contribution is -2.62. The fourth-order valence-electron chi connectivity index (χ4n) is 7.91. The molecule has 148 valence electrons. The van der Waals surface area contributed by atoms with Crippen LogP contribution < -0.4 is 0 Å². The summed E-state index contributed by atoms with van der Waals surface area (Å²) in [6.07, 6.45) is 4.02. The minimum atomic E-state index is -0.908. The van der Waals surface area contributed by atoms with Gasteiger partial charge < -0.3 is 20.4 Å². The molecule has 0 saturated heterocycles. The SMILES string of the molecule is C[C@]12CC(=O)[C@@H](O)CC1CC[C@@H]1[C@@H]2[C@@H](O)C[C@@]2(C)[C@H]1CC[C@]2(O)CCO. The van der Waals surface area contributed by atoms with Gasteiger partial charge in [-0.15, -0.1) is 0 Å². The summed E-state index contributed by atoms with van der Waals surface area (Å²) >= 11 is 0. The number of carbonyl (C=O) groups excluding carboxylic acids is 1. The average molecular weight is 366 g/mol. The standard InChI is InChI=1S/C21H34O5/c1-19-10-16(24)15(23)9-12(19)3-4-13-14-5-6-21(26,7-8-22)20(14,2)11-17(25)18(13)19/h12-15,17-18,22-23,25-26H,3-11H2,1-2H3/t12?,13-,14-,15-,17-,18+,19-,20-,21-/m0/s1. The van der Waals surface area contributed by atoms with Crippen molar-refractivity contribution in [2.75, 3.05) is 6.61 Å². The molecule has 4 aliphatic carbocycles. The Hall–Kier alpha value is -0.490. The van der Waals surface area contributed by atoms with Crippen molar-refractivity contribution in [1.29, 1.82) is 0 Å². The van der Waals surface area contributed by atoms with Gasteiger partial charge in [0.2, 0.25) is 0 Å². The maximum atomic E-state index is 12.3. The van der Waals surface area contributed by atoms with Gasteiger partial charge in [0.1, 0.15) is 6.10 Å². The number of hydrogen-bond donors (Lipinski definition) is 4. The summed E-state index contributed by atoms with van der Waals surface area (Å²) in [5, 5.41) is 42.0. The summed E-state index contributed by atoms with van der Waals surface area (Å²) in [7, 11) is 0. The van der Waals surface area contributed by atoms with Crippen LogP contribution in [-0.2, 0) is 4.79 Å². The van der Waals surface area contributed by atoms with E-state index >= 15 is 0 Å². The number of hydrogen-bond acceptors (Lipinski definition) is 5. The third-order valence-corrected chi connectivity index (χ3v) is 9.28. The van der Waals surface area contributed by atoms with Crippen LogP contribution in [-0.4, -0.2) is 50.6 Å². The van der Waals surface area contributed by atoms with Crippen molar-refractivity contribution in [3.8, 4) is 0 Å².